The van der Waals surface area contributed by atoms with Gasteiger partial charge in [-0.25, -0.2) is 0 Å². The molecule has 0 aliphatic heterocycles. The highest BCUT2D eigenvalue weighted by Gasteiger charge is 2.06. The molecule has 0 spiro atoms. The molecule has 0 amide bonds. The number of nitrogens with one attached hydrogen (secondary N) is 1. The van der Waals surface area contributed by atoms with Crippen molar-refractivity contribution in [3.8, 4) is 5.75 Å². The summed E-state index contributed by atoms with van der Waals surface area (Å²) in [6.45, 7) is 5.20. The van der Waals surface area contributed by atoms with Crippen molar-refractivity contribution < 1.29 is 4.74 Å². The molecule has 0 heterocycles. The van der Waals surface area contributed by atoms with Crippen LogP contribution in [0.15, 0.2) is 48.5 Å². The minimum Gasteiger partial charge on any atom is -0.497 e. The van der Waals surface area contributed by atoms with Gasteiger partial charge in [0.15, 0.2) is 0 Å². The van der Waals surface area contributed by atoms with Gasteiger partial charge in [-0.05, 0) is 42.7 Å². The lowest BCUT2D eigenvalue weighted by molar-refractivity contribution is 0.413. The van der Waals surface area contributed by atoms with Gasteiger partial charge in [-0.1, -0.05) is 36.4 Å². The summed E-state index contributed by atoms with van der Waals surface area (Å²) in [5, 5.41) is 3.55. The third-order valence-corrected chi connectivity index (χ3v) is 3.45. The van der Waals surface area contributed by atoms with Crippen LogP contribution >= 0.6 is 0 Å². The van der Waals surface area contributed by atoms with E-state index in [1.54, 1.807) is 7.11 Å². The summed E-state index contributed by atoms with van der Waals surface area (Å²) in [4.78, 5) is 0. The highest BCUT2D eigenvalue weighted by atomic mass is 16.5. The SMILES string of the molecule is COc1cccc([C@@H](C)NCc2ccccc2C)c1. The van der Waals surface area contributed by atoms with Crippen LogP contribution < -0.4 is 10.1 Å². The lowest BCUT2D eigenvalue weighted by atomic mass is 10.1. The Kier molecular flexibility index (Phi) is 4.58. The Hall–Kier alpha value is -1.80. The Morgan fingerprint density at radius 2 is 1.89 bits per heavy atom. The van der Waals surface area contributed by atoms with E-state index in [1.165, 1.54) is 16.7 Å². The monoisotopic (exact) mass is 255 g/mol. The van der Waals surface area contributed by atoms with E-state index in [2.05, 4.69) is 55.6 Å². The van der Waals surface area contributed by atoms with Gasteiger partial charge >= 0.3 is 0 Å². The predicted molar refractivity (Wildman–Crippen MR) is 79.4 cm³/mol. The first-order valence-electron chi connectivity index (χ1n) is 6.62. The smallest absolute Gasteiger partial charge is 0.119 e. The van der Waals surface area contributed by atoms with Gasteiger partial charge in [0.2, 0.25) is 0 Å². The molecule has 2 nitrogen and oxygen atoms in total. The number of hydrogen-bond acceptors (Lipinski definition) is 2. The number of hydrogen-bond donors (Lipinski definition) is 1. The van der Waals surface area contributed by atoms with Crippen LogP contribution in [0.4, 0.5) is 0 Å². The average Bonchev–Trinajstić information content (AvgIpc) is 2.46. The van der Waals surface area contributed by atoms with Crippen molar-refractivity contribution in [1.29, 1.82) is 0 Å². The Morgan fingerprint density at radius 1 is 1.11 bits per heavy atom. The maximum atomic E-state index is 5.26. The Morgan fingerprint density at radius 3 is 2.63 bits per heavy atom. The predicted octanol–water partition coefficient (Wildman–Crippen LogP) is 3.85. The first-order valence-corrected chi connectivity index (χ1v) is 6.62. The zero-order valence-electron chi connectivity index (χ0n) is 11.8. The molecule has 2 heteroatoms. The molecule has 0 saturated heterocycles. The van der Waals surface area contributed by atoms with Crippen LogP contribution in [0.5, 0.6) is 5.75 Å². The third kappa shape index (κ3) is 3.58. The summed E-state index contributed by atoms with van der Waals surface area (Å²) >= 11 is 0. The standard InChI is InChI=1S/C17H21NO/c1-13-7-4-5-8-16(13)12-18-14(2)15-9-6-10-17(11-15)19-3/h4-11,14,18H,12H2,1-3H3/t14-/m1/s1. The minimum atomic E-state index is 0.301. The van der Waals surface area contributed by atoms with Gasteiger partial charge in [-0.15, -0.1) is 0 Å². The van der Waals surface area contributed by atoms with Crippen molar-refractivity contribution in [3.05, 3.63) is 65.2 Å². The minimum absolute atomic E-state index is 0.301. The second-order valence-electron chi connectivity index (χ2n) is 4.81. The average molecular weight is 255 g/mol. The summed E-state index contributed by atoms with van der Waals surface area (Å²) in [7, 11) is 1.70. The molecule has 2 aromatic rings. The third-order valence-electron chi connectivity index (χ3n) is 3.45. The Labute approximate surface area is 115 Å². The number of ether oxygens (including phenoxy) is 1. The van der Waals surface area contributed by atoms with Crippen molar-refractivity contribution in [2.45, 2.75) is 26.4 Å². The van der Waals surface area contributed by atoms with E-state index in [1.807, 2.05) is 12.1 Å². The molecule has 0 radical (unpaired) electrons. The summed E-state index contributed by atoms with van der Waals surface area (Å²) in [5.41, 5.74) is 3.91. The molecule has 0 aliphatic rings. The van der Waals surface area contributed by atoms with Gasteiger partial charge < -0.3 is 10.1 Å². The molecule has 0 fully saturated rings. The molecule has 2 rings (SSSR count). The molecule has 19 heavy (non-hydrogen) atoms. The molecule has 0 saturated carbocycles. The lowest BCUT2D eigenvalue weighted by Gasteiger charge is -2.16. The van der Waals surface area contributed by atoms with Crippen LogP contribution in [0.2, 0.25) is 0 Å². The van der Waals surface area contributed by atoms with E-state index in [0.29, 0.717) is 6.04 Å². The molecular weight excluding hydrogens is 234 g/mol. The zero-order valence-corrected chi connectivity index (χ0v) is 11.8. The van der Waals surface area contributed by atoms with E-state index < -0.39 is 0 Å². The molecule has 0 bridgehead atoms. The molecular formula is C17H21NO. The van der Waals surface area contributed by atoms with Gasteiger partial charge in [0.25, 0.3) is 0 Å². The second-order valence-corrected chi connectivity index (χ2v) is 4.81. The van der Waals surface area contributed by atoms with Crippen LogP contribution in [0, 0.1) is 6.92 Å². The van der Waals surface area contributed by atoms with Gasteiger partial charge in [0.1, 0.15) is 5.75 Å². The van der Waals surface area contributed by atoms with Gasteiger partial charge in [0, 0.05) is 12.6 Å². The van der Waals surface area contributed by atoms with E-state index in [4.69, 9.17) is 4.74 Å². The summed E-state index contributed by atoms with van der Waals surface area (Å²) < 4.78 is 5.26. The largest absolute Gasteiger partial charge is 0.497 e. The van der Waals surface area contributed by atoms with Crippen molar-refractivity contribution >= 4 is 0 Å². The molecule has 0 unspecified atom stereocenters. The van der Waals surface area contributed by atoms with Crippen molar-refractivity contribution in [1.82, 2.24) is 5.32 Å². The van der Waals surface area contributed by atoms with Crippen LogP contribution in [0.1, 0.15) is 29.7 Å². The van der Waals surface area contributed by atoms with Crippen LogP contribution in [-0.4, -0.2) is 7.11 Å². The van der Waals surface area contributed by atoms with E-state index in [9.17, 15) is 0 Å². The van der Waals surface area contributed by atoms with Crippen LogP contribution in [-0.2, 0) is 6.54 Å². The summed E-state index contributed by atoms with van der Waals surface area (Å²) in [6, 6.07) is 17.0. The number of aryl methyl sites for hydroxylation is 1. The van der Waals surface area contributed by atoms with Crippen molar-refractivity contribution in [2.24, 2.45) is 0 Å². The zero-order chi connectivity index (χ0) is 13.7. The summed E-state index contributed by atoms with van der Waals surface area (Å²) in [5.74, 6) is 0.905. The fourth-order valence-electron chi connectivity index (χ4n) is 2.10. The molecule has 1 N–H and O–H groups in total. The summed E-state index contributed by atoms with van der Waals surface area (Å²) in [6.07, 6.45) is 0. The van der Waals surface area contributed by atoms with Crippen LogP contribution in [0.25, 0.3) is 0 Å². The first kappa shape index (κ1) is 13.6. The van der Waals surface area contributed by atoms with E-state index >= 15 is 0 Å². The van der Waals surface area contributed by atoms with E-state index in [-0.39, 0.29) is 0 Å². The van der Waals surface area contributed by atoms with Crippen molar-refractivity contribution in [2.75, 3.05) is 7.11 Å². The lowest BCUT2D eigenvalue weighted by Crippen LogP contribution is -2.18. The van der Waals surface area contributed by atoms with E-state index in [0.717, 1.165) is 12.3 Å². The van der Waals surface area contributed by atoms with Gasteiger partial charge in [0.05, 0.1) is 7.11 Å². The molecule has 0 aliphatic carbocycles. The Bertz CT molecular complexity index is 536. The highest BCUT2D eigenvalue weighted by molar-refractivity contribution is 5.30. The number of methoxy groups -OCH3 is 1. The maximum absolute atomic E-state index is 5.26. The quantitative estimate of drug-likeness (QED) is 0.876. The molecule has 0 aromatic heterocycles. The van der Waals surface area contributed by atoms with Crippen LogP contribution in [0.3, 0.4) is 0 Å². The number of benzene rings is 2. The van der Waals surface area contributed by atoms with Gasteiger partial charge in [-0.3, -0.25) is 0 Å². The Balaban J connectivity index is 2.01. The molecule has 2 aromatic carbocycles. The fourth-order valence-corrected chi connectivity index (χ4v) is 2.10. The molecule has 1 atom stereocenters. The normalized spacial score (nSPS) is 12.2. The van der Waals surface area contributed by atoms with Crippen molar-refractivity contribution in [3.63, 3.8) is 0 Å². The fraction of sp³-hybridized carbons (Fsp3) is 0.294. The van der Waals surface area contributed by atoms with Gasteiger partial charge in [-0.2, -0.15) is 0 Å². The number of rotatable bonds is 5. The topological polar surface area (TPSA) is 21.3 Å². The first-order chi connectivity index (χ1) is 9.20. The second kappa shape index (κ2) is 6.39. The highest BCUT2D eigenvalue weighted by Crippen LogP contribution is 2.19. The maximum Gasteiger partial charge on any atom is 0.119 e. The molecule has 100 valence electrons.